The van der Waals surface area contributed by atoms with Crippen molar-refractivity contribution in [1.82, 2.24) is 4.90 Å². The first-order valence-electron chi connectivity index (χ1n) is 5.90. The van der Waals surface area contributed by atoms with Gasteiger partial charge in [0.05, 0.1) is 13.2 Å². The zero-order valence-electron chi connectivity index (χ0n) is 10.2. The molecule has 4 nitrogen and oxygen atoms in total. The first kappa shape index (κ1) is 12.4. The summed E-state index contributed by atoms with van der Waals surface area (Å²) in [5.74, 6) is 0.933. The molecule has 1 heterocycles. The first-order chi connectivity index (χ1) is 8.33. The van der Waals surface area contributed by atoms with E-state index in [0.29, 0.717) is 6.61 Å². The molecule has 0 spiro atoms. The van der Waals surface area contributed by atoms with Crippen molar-refractivity contribution in [3.63, 3.8) is 0 Å². The molecule has 0 aromatic heterocycles. The van der Waals surface area contributed by atoms with Gasteiger partial charge in [0.2, 0.25) is 0 Å². The fourth-order valence-corrected chi connectivity index (χ4v) is 2.01. The van der Waals surface area contributed by atoms with Crippen LogP contribution in [-0.4, -0.2) is 43.4 Å². The van der Waals surface area contributed by atoms with E-state index in [2.05, 4.69) is 4.90 Å². The number of aliphatic hydroxyl groups excluding tert-OH is 1. The van der Waals surface area contributed by atoms with Gasteiger partial charge in [0.15, 0.2) is 0 Å². The molecule has 17 heavy (non-hydrogen) atoms. The number of benzene rings is 1. The number of hydrogen-bond donors (Lipinski definition) is 1. The van der Waals surface area contributed by atoms with Crippen LogP contribution in [0.5, 0.6) is 5.75 Å². The average molecular weight is 237 g/mol. The van der Waals surface area contributed by atoms with Gasteiger partial charge in [0, 0.05) is 32.3 Å². The Morgan fingerprint density at radius 3 is 3.12 bits per heavy atom. The van der Waals surface area contributed by atoms with E-state index in [9.17, 15) is 0 Å². The van der Waals surface area contributed by atoms with Gasteiger partial charge in [0.25, 0.3) is 0 Å². The lowest BCUT2D eigenvalue weighted by Crippen LogP contribution is -2.29. The predicted molar refractivity (Wildman–Crippen MR) is 65.0 cm³/mol. The number of rotatable bonds is 4. The van der Waals surface area contributed by atoms with Crippen LogP contribution in [0.2, 0.25) is 0 Å². The van der Waals surface area contributed by atoms with E-state index in [1.807, 2.05) is 18.2 Å². The number of ether oxygens (including phenoxy) is 2. The molecular weight excluding hydrogens is 218 g/mol. The number of methoxy groups -OCH3 is 1. The zero-order valence-corrected chi connectivity index (χ0v) is 10.2. The Morgan fingerprint density at radius 1 is 1.47 bits per heavy atom. The smallest absolute Gasteiger partial charge is 0.123 e. The van der Waals surface area contributed by atoms with Crippen molar-refractivity contribution in [3.05, 3.63) is 29.3 Å². The maximum atomic E-state index is 9.14. The molecular formula is C13H19NO3. The standard InChI is InChI=1S/C13H19NO3/c1-16-6-4-14-5-7-17-13-3-2-11(10-15)8-12(13)9-14/h2-3,8,15H,4-7,9-10H2,1H3. The fraction of sp³-hybridized carbons (Fsp3) is 0.538. The molecule has 1 aliphatic rings. The Balaban J connectivity index is 2.11. The summed E-state index contributed by atoms with van der Waals surface area (Å²) in [7, 11) is 1.71. The Morgan fingerprint density at radius 2 is 2.35 bits per heavy atom. The zero-order chi connectivity index (χ0) is 12.1. The quantitative estimate of drug-likeness (QED) is 0.849. The minimum Gasteiger partial charge on any atom is -0.492 e. The monoisotopic (exact) mass is 237 g/mol. The highest BCUT2D eigenvalue weighted by molar-refractivity contribution is 5.37. The van der Waals surface area contributed by atoms with E-state index in [1.54, 1.807) is 7.11 Å². The normalized spacial score (nSPS) is 16.1. The van der Waals surface area contributed by atoms with E-state index in [1.165, 1.54) is 0 Å². The molecule has 0 bridgehead atoms. The van der Waals surface area contributed by atoms with Crippen LogP contribution >= 0.6 is 0 Å². The second-order valence-corrected chi connectivity index (χ2v) is 4.22. The highest BCUT2D eigenvalue weighted by Crippen LogP contribution is 2.24. The van der Waals surface area contributed by atoms with E-state index < -0.39 is 0 Å². The van der Waals surface area contributed by atoms with Crippen molar-refractivity contribution in [2.75, 3.05) is 33.4 Å². The van der Waals surface area contributed by atoms with Gasteiger partial charge in [-0.3, -0.25) is 4.90 Å². The molecule has 1 aliphatic heterocycles. The second kappa shape index (κ2) is 6.00. The number of fused-ring (bicyclic) bond motifs is 1. The molecule has 0 radical (unpaired) electrons. The van der Waals surface area contributed by atoms with E-state index >= 15 is 0 Å². The molecule has 0 saturated heterocycles. The van der Waals surface area contributed by atoms with Gasteiger partial charge < -0.3 is 14.6 Å². The van der Waals surface area contributed by atoms with Crippen LogP contribution in [0.1, 0.15) is 11.1 Å². The topological polar surface area (TPSA) is 41.9 Å². The molecule has 4 heteroatoms. The SMILES string of the molecule is COCCN1CCOc2ccc(CO)cc2C1. The van der Waals surface area contributed by atoms with Gasteiger partial charge in [0.1, 0.15) is 12.4 Å². The van der Waals surface area contributed by atoms with Crippen LogP contribution in [0.25, 0.3) is 0 Å². The molecule has 0 amide bonds. The van der Waals surface area contributed by atoms with Crippen molar-refractivity contribution in [2.45, 2.75) is 13.2 Å². The van der Waals surface area contributed by atoms with Gasteiger partial charge in [-0.15, -0.1) is 0 Å². The molecule has 94 valence electrons. The minimum absolute atomic E-state index is 0.0748. The van der Waals surface area contributed by atoms with Gasteiger partial charge >= 0.3 is 0 Å². The van der Waals surface area contributed by atoms with Crippen molar-refractivity contribution in [2.24, 2.45) is 0 Å². The van der Waals surface area contributed by atoms with Crippen LogP contribution in [0.15, 0.2) is 18.2 Å². The van der Waals surface area contributed by atoms with E-state index in [4.69, 9.17) is 14.6 Å². The molecule has 0 fully saturated rings. The summed E-state index contributed by atoms with van der Waals surface area (Å²) < 4.78 is 10.8. The average Bonchev–Trinajstić information content (AvgIpc) is 2.56. The third-order valence-corrected chi connectivity index (χ3v) is 2.98. The second-order valence-electron chi connectivity index (χ2n) is 4.22. The maximum Gasteiger partial charge on any atom is 0.123 e. The van der Waals surface area contributed by atoms with Crippen LogP contribution in [0.4, 0.5) is 0 Å². The van der Waals surface area contributed by atoms with Crippen molar-refractivity contribution in [1.29, 1.82) is 0 Å². The molecule has 1 aromatic rings. The number of aliphatic hydroxyl groups is 1. The summed E-state index contributed by atoms with van der Waals surface area (Å²) in [6.45, 7) is 4.18. The van der Waals surface area contributed by atoms with Crippen LogP contribution in [-0.2, 0) is 17.9 Å². The molecule has 0 saturated carbocycles. The lowest BCUT2D eigenvalue weighted by Gasteiger charge is -2.18. The van der Waals surface area contributed by atoms with Crippen LogP contribution < -0.4 is 4.74 Å². The van der Waals surface area contributed by atoms with Crippen LogP contribution in [0, 0.1) is 0 Å². The van der Waals surface area contributed by atoms with E-state index in [-0.39, 0.29) is 6.61 Å². The van der Waals surface area contributed by atoms with Crippen molar-refractivity contribution < 1.29 is 14.6 Å². The fourth-order valence-electron chi connectivity index (χ4n) is 2.01. The summed E-state index contributed by atoms with van der Waals surface area (Å²) in [5, 5.41) is 9.14. The predicted octanol–water partition coefficient (Wildman–Crippen LogP) is 1.02. The Bertz CT molecular complexity index is 366. The van der Waals surface area contributed by atoms with Gasteiger partial charge in [-0.1, -0.05) is 6.07 Å². The summed E-state index contributed by atoms with van der Waals surface area (Å²) in [5.41, 5.74) is 2.08. The highest BCUT2D eigenvalue weighted by Gasteiger charge is 2.15. The molecule has 0 atom stereocenters. The van der Waals surface area contributed by atoms with Crippen molar-refractivity contribution >= 4 is 0 Å². The number of nitrogens with zero attached hydrogens (tertiary/aromatic N) is 1. The third kappa shape index (κ3) is 3.19. The van der Waals surface area contributed by atoms with Gasteiger partial charge in [-0.05, 0) is 17.7 Å². The largest absolute Gasteiger partial charge is 0.492 e. The van der Waals surface area contributed by atoms with Gasteiger partial charge in [-0.25, -0.2) is 0 Å². The summed E-state index contributed by atoms with van der Waals surface area (Å²) >= 11 is 0. The summed E-state index contributed by atoms with van der Waals surface area (Å²) in [6.07, 6.45) is 0. The molecule has 1 N–H and O–H groups in total. The molecule has 1 aromatic carbocycles. The molecule has 2 rings (SSSR count). The minimum atomic E-state index is 0.0748. The molecule has 0 unspecified atom stereocenters. The van der Waals surface area contributed by atoms with Crippen LogP contribution in [0.3, 0.4) is 0 Å². The maximum absolute atomic E-state index is 9.14. The first-order valence-corrected chi connectivity index (χ1v) is 5.90. The van der Waals surface area contributed by atoms with Gasteiger partial charge in [-0.2, -0.15) is 0 Å². The summed E-state index contributed by atoms with van der Waals surface area (Å²) in [6, 6.07) is 5.87. The third-order valence-electron chi connectivity index (χ3n) is 2.98. The Kier molecular flexibility index (Phi) is 4.36. The Labute approximate surface area is 102 Å². The van der Waals surface area contributed by atoms with Crippen molar-refractivity contribution in [3.8, 4) is 5.75 Å². The van der Waals surface area contributed by atoms with E-state index in [0.717, 1.165) is 43.1 Å². The molecule has 0 aliphatic carbocycles. The lowest BCUT2D eigenvalue weighted by atomic mass is 10.1. The highest BCUT2D eigenvalue weighted by atomic mass is 16.5. The Hall–Kier alpha value is -1.10. The summed E-state index contributed by atoms with van der Waals surface area (Å²) in [4.78, 5) is 2.30. The lowest BCUT2D eigenvalue weighted by molar-refractivity contribution is 0.138. The number of hydrogen-bond acceptors (Lipinski definition) is 4.